The predicted molar refractivity (Wildman–Crippen MR) is 59.8 cm³/mol. The Kier molecular flexibility index (Phi) is 2.78. The van der Waals surface area contributed by atoms with Crippen molar-refractivity contribution in [2.24, 2.45) is 0 Å². The first-order valence-corrected chi connectivity index (χ1v) is 5.61. The van der Waals surface area contributed by atoms with Gasteiger partial charge in [-0.2, -0.15) is 0 Å². The number of hydrogen-bond donors (Lipinski definition) is 1. The largest absolute Gasteiger partial charge is 0.384 e. The molecule has 2 N–H and O–H groups in total. The molecule has 0 aliphatic heterocycles. The first-order chi connectivity index (χ1) is 7.27. The minimum Gasteiger partial charge on any atom is -0.384 e. The summed E-state index contributed by atoms with van der Waals surface area (Å²) >= 11 is 0. The second kappa shape index (κ2) is 4.23. The summed E-state index contributed by atoms with van der Waals surface area (Å²) in [6, 6.07) is 12.6. The molecule has 2 rings (SSSR count). The van der Waals surface area contributed by atoms with Gasteiger partial charge in [0.25, 0.3) is 0 Å². The van der Waals surface area contributed by atoms with Crippen LogP contribution in [0, 0.1) is 0 Å². The number of anilines is 1. The first kappa shape index (κ1) is 9.86. The molecule has 0 unspecified atom stereocenters. The van der Waals surface area contributed by atoms with Crippen LogP contribution >= 0.6 is 0 Å². The molecule has 0 amide bonds. The predicted octanol–water partition coefficient (Wildman–Crippen LogP) is 1.83. The number of nitrogen functional groups attached to an aromatic ring is 1. The molecule has 0 aliphatic rings. The van der Waals surface area contributed by atoms with E-state index in [4.69, 9.17) is 5.73 Å². The molecule has 1 heterocycles. The van der Waals surface area contributed by atoms with Gasteiger partial charge < -0.3 is 5.73 Å². The second-order valence-corrected chi connectivity index (χ2v) is 4.48. The van der Waals surface area contributed by atoms with E-state index in [2.05, 4.69) is 4.98 Å². The number of nitrogens with zero attached hydrogens (tertiary/aromatic N) is 1. The first-order valence-electron chi connectivity index (χ1n) is 4.46. The molecule has 0 saturated carbocycles. The lowest BCUT2D eigenvalue weighted by molar-refractivity contribution is 0.683. The average molecular weight is 218 g/mol. The zero-order valence-corrected chi connectivity index (χ0v) is 8.78. The molecule has 0 saturated heterocycles. The van der Waals surface area contributed by atoms with Crippen LogP contribution in [0.4, 0.5) is 5.82 Å². The molecule has 2 aromatic rings. The number of benzene rings is 1. The molecule has 0 aliphatic carbocycles. The van der Waals surface area contributed by atoms with Gasteiger partial charge in [0.1, 0.15) is 5.82 Å². The Balaban J connectivity index is 2.33. The third kappa shape index (κ3) is 2.22. The van der Waals surface area contributed by atoms with Crippen molar-refractivity contribution in [3.8, 4) is 0 Å². The maximum absolute atomic E-state index is 12.0. The van der Waals surface area contributed by atoms with E-state index in [9.17, 15) is 4.21 Å². The SMILES string of the molecule is Nc1ccc([S@](=O)c2ccccc2)cn1. The molecule has 1 aromatic heterocycles. The van der Waals surface area contributed by atoms with Crippen LogP contribution in [0.2, 0.25) is 0 Å². The topological polar surface area (TPSA) is 56.0 Å². The summed E-state index contributed by atoms with van der Waals surface area (Å²) in [7, 11) is -1.17. The van der Waals surface area contributed by atoms with Gasteiger partial charge >= 0.3 is 0 Å². The number of aromatic nitrogens is 1. The van der Waals surface area contributed by atoms with E-state index in [1.165, 1.54) is 0 Å². The van der Waals surface area contributed by atoms with E-state index in [1.807, 2.05) is 30.3 Å². The Morgan fingerprint density at radius 3 is 2.33 bits per heavy atom. The number of pyridine rings is 1. The van der Waals surface area contributed by atoms with Crippen molar-refractivity contribution in [1.82, 2.24) is 4.98 Å². The van der Waals surface area contributed by atoms with Gasteiger partial charge in [-0.05, 0) is 24.3 Å². The summed E-state index contributed by atoms with van der Waals surface area (Å²) in [5, 5.41) is 0. The van der Waals surface area contributed by atoms with Gasteiger partial charge in [0.15, 0.2) is 0 Å². The van der Waals surface area contributed by atoms with Crippen molar-refractivity contribution in [3.63, 3.8) is 0 Å². The Hall–Kier alpha value is -1.68. The van der Waals surface area contributed by atoms with Crippen LogP contribution in [0.5, 0.6) is 0 Å². The van der Waals surface area contributed by atoms with E-state index in [-0.39, 0.29) is 0 Å². The van der Waals surface area contributed by atoms with Gasteiger partial charge in [0, 0.05) is 11.1 Å². The molecule has 15 heavy (non-hydrogen) atoms. The molecule has 3 nitrogen and oxygen atoms in total. The van der Waals surface area contributed by atoms with Crippen LogP contribution in [-0.4, -0.2) is 9.19 Å². The monoisotopic (exact) mass is 218 g/mol. The Labute approximate surface area is 90.4 Å². The minimum atomic E-state index is -1.17. The van der Waals surface area contributed by atoms with Crippen molar-refractivity contribution < 1.29 is 4.21 Å². The van der Waals surface area contributed by atoms with Crippen LogP contribution in [0.1, 0.15) is 0 Å². The van der Waals surface area contributed by atoms with Crippen molar-refractivity contribution in [2.45, 2.75) is 9.79 Å². The zero-order valence-electron chi connectivity index (χ0n) is 7.96. The lowest BCUT2D eigenvalue weighted by atomic mass is 10.4. The van der Waals surface area contributed by atoms with E-state index in [0.29, 0.717) is 10.7 Å². The number of rotatable bonds is 2. The minimum absolute atomic E-state index is 0.434. The van der Waals surface area contributed by atoms with Crippen LogP contribution < -0.4 is 5.73 Å². The van der Waals surface area contributed by atoms with Gasteiger partial charge in [-0.1, -0.05) is 18.2 Å². The molecule has 0 bridgehead atoms. The summed E-state index contributed by atoms with van der Waals surface area (Å²) in [5.74, 6) is 0.434. The molecule has 1 aromatic carbocycles. The third-order valence-electron chi connectivity index (χ3n) is 1.93. The average Bonchev–Trinajstić information content (AvgIpc) is 2.30. The highest BCUT2D eigenvalue weighted by atomic mass is 32.2. The molecule has 76 valence electrons. The van der Waals surface area contributed by atoms with Gasteiger partial charge in [-0.15, -0.1) is 0 Å². The molecule has 0 radical (unpaired) electrons. The Bertz CT molecular complexity index is 468. The maximum Gasteiger partial charge on any atom is 0.123 e. The van der Waals surface area contributed by atoms with Gasteiger partial charge in [-0.25, -0.2) is 9.19 Å². The van der Waals surface area contributed by atoms with Crippen molar-refractivity contribution in [3.05, 3.63) is 48.7 Å². The van der Waals surface area contributed by atoms with Gasteiger partial charge in [-0.3, -0.25) is 0 Å². The van der Waals surface area contributed by atoms with E-state index < -0.39 is 10.8 Å². The molecule has 0 spiro atoms. The van der Waals surface area contributed by atoms with Crippen molar-refractivity contribution >= 4 is 16.6 Å². The van der Waals surface area contributed by atoms with E-state index in [1.54, 1.807) is 18.3 Å². The molecular formula is C11H10N2OS. The van der Waals surface area contributed by atoms with Crippen LogP contribution in [0.15, 0.2) is 58.5 Å². The fourth-order valence-corrected chi connectivity index (χ4v) is 2.20. The maximum atomic E-state index is 12.0. The smallest absolute Gasteiger partial charge is 0.123 e. The third-order valence-corrected chi connectivity index (χ3v) is 3.30. The summed E-state index contributed by atoms with van der Waals surface area (Å²) in [5.41, 5.74) is 5.46. The summed E-state index contributed by atoms with van der Waals surface area (Å²) in [6.07, 6.45) is 1.54. The summed E-state index contributed by atoms with van der Waals surface area (Å²) in [6.45, 7) is 0. The Morgan fingerprint density at radius 2 is 1.73 bits per heavy atom. The van der Waals surface area contributed by atoms with Crippen LogP contribution in [-0.2, 0) is 10.8 Å². The van der Waals surface area contributed by atoms with Crippen LogP contribution in [0.3, 0.4) is 0 Å². The van der Waals surface area contributed by atoms with Gasteiger partial charge in [0.2, 0.25) is 0 Å². The fourth-order valence-electron chi connectivity index (χ4n) is 1.18. The van der Waals surface area contributed by atoms with E-state index in [0.717, 1.165) is 4.90 Å². The Morgan fingerprint density at radius 1 is 1.00 bits per heavy atom. The highest BCUT2D eigenvalue weighted by Crippen LogP contribution is 2.15. The molecule has 1 atom stereocenters. The highest BCUT2D eigenvalue weighted by molar-refractivity contribution is 7.85. The molecule has 4 heteroatoms. The van der Waals surface area contributed by atoms with Gasteiger partial charge in [0.05, 0.1) is 15.7 Å². The van der Waals surface area contributed by atoms with Crippen molar-refractivity contribution in [1.29, 1.82) is 0 Å². The zero-order chi connectivity index (χ0) is 10.7. The quantitative estimate of drug-likeness (QED) is 0.836. The summed E-state index contributed by atoms with van der Waals surface area (Å²) < 4.78 is 12.0. The second-order valence-electron chi connectivity index (χ2n) is 3.00. The lowest BCUT2D eigenvalue weighted by Gasteiger charge is -2.01. The normalized spacial score (nSPS) is 12.3. The number of hydrogen-bond acceptors (Lipinski definition) is 3. The standard InChI is InChI=1S/C11H10N2OS/c12-11-7-6-10(8-13-11)15(14)9-4-2-1-3-5-9/h1-8H,(H2,12,13)/t15-/m1/s1. The number of nitrogens with two attached hydrogens (primary N) is 1. The van der Waals surface area contributed by atoms with Crippen LogP contribution in [0.25, 0.3) is 0 Å². The van der Waals surface area contributed by atoms with E-state index >= 15 is 0 Å². The lowest BCUT2D eigenvalue weighted by Crippen LogP contribution is -1.95. The highest BCUT2D eigenvalue weighted by Gasteiger charge is 2.05. The molecule has 0 fully saturated rings. The van der Waals surface area contributed by atoms with Crippen molar-refractivity contribution in [2.75, 3.05) is 5.73 Å². The summed E-state index contributed by atoms with van der Waals surface area (Å²) in [4.78, 5) is 5.34. The molecular weight excluding hydrogens is 208 g/mol. The fraction of sp³-hybridized carbons (Fsp3) is 0.